The lowest BCUT2D eigenvalue weighted by Gasteiger charge is -2.38. The monoisotopic (exact) mass is 342 g/mol. The topological polar surface area (TPSA) is 78.8 Å². The number of aromatic amines is 1. The summed E-state index contributed by atoms with van der Waals surface area (Å²) in [4.78, 5) is 22.5. The van der Waals surface area contributed by atoms with E-state index in [1.807, 2.05) is 34.2 Å². The average molecular weight is 342 g/mol. The molecular formula is C18H26N6O. The molecule has 1 saturated heterocycles. The molecule has 2 aromatic rings. The Labute approximate surface area is 147 Å². The summed E-state index contributed by atoms with van der Waals surface area (Å²) < 4.78 is 2.00. The number of nitrogens with zero attached hydrogens (tertiary/aromatic N) is 4. The first-order chi connectivity index (χ1) is 12.3. The van der Waals surface area contributed by atoms with Gasteiger partial charge in [0, 0.05) is 31.3 Å². The zero-order chi connectivity index (χ0) is 17.1. The first kappa shape index (κ1) is 16.2. The van der Waals surface area contributed by atoms with Gasteiger partial charge in [0.1, 0.15) is 5.82 Å². The Kier molecular flexibility index (Phi) is 4.72. The first-order valence-corrected chi connectivity index (χ1v) is 9.38. The molecular weight excluding hydrogens is 316 g/mol. The summed E-state index contributed by atoms with van der Waals surface area (Å²) in [6.07, 6.45) is 15.0. The molecule has 1 saturated carbocycles. The number of rotatable bonds is 3. The van der Waals surface area contributed by atoms with Crippen LogP contribution < -0.4 is 5.32 Å². The number of carbonyl (C=O) groups is 1. The van der Waals surface area contributed by atoms with Crippen molar-refractivity contribution >= 4 is 6.03 Å². The number of nitrogens with one attached hydrogen (secondary N) is 2. The van der Waals surface area contributed by atoms with Crippen LogP contribution in [0.2, 0.25) is 0 Å². The van der Waals surface area contributed by atoms with Crippen LogP contribution in [0, 0.1) is 0 Å². The molecule has 25 heavy (non-hydrogen) atoms. The lowest BCUT2D eigenvalue weighted by Crippen LogP contribution is -2.51. The minimum Gasteiger partial charge on any atom is -0.347 e. The Morgan fingerprint density at radius 2 is 2.04 bits per heavy atom. The standard InChI is InChI=1S/C18H26N6O/c25-18(23-12-4-3-8-16(23)17-19-10-11-20-17)22-14-6-1-2-7-15(14)24-13-5-9-21-24/h5,9-11,13-16H,1-4,6-8,12H2,(H,19,20)(H,22,25). The molecule has 0 bridgehead atoms. The van der Waals surface area contributed by atoms with Gasteiger partial charge in [-0.1, -0.05) is 12.8 Å². The fourth-order valence-electron chi connectivity index (χ4n) is 4.23. The number of H-pyrrole nitrogens is 1. The maximum Gasteiger partial charge on any atom is 0.318 e. The number of urea groups is 1. The second-order valence-electron chi connectivity index (χ2n) is 7.07. The van der Waals surface area contributed by atoms with E-state index in [9.17, 15) is 4.79 Å². The minimum atomic E-state index is 0.0326. The smallest absolute Gasteiger partial charge is 0.318 e. The molecule has 2 aliphatic rings. The van der Waals surface area contributed by atoms with Crippen LogP contribution in [-0.2, 0) is 0 Å². The van der Waals surface area contributed by atoms with Crippen molar-refractivity contribution < 1.29 is 4.79 Å². The molecule has 0 radical (unpaired) electrons. The van der Waals surface area contributed by atoms with Gasteiger partial charge in [0.25, 0.3) is 0 Å². The van der Waals surface area contributed by atoms with Crippen molar-refractivity contribution in [2.75, 3.05) is 6.54 Å². The summed E-state index contributed by atoms with van der Waals surface area (Å²) in [5.41, 5.74) is 0. The van der Waals surface area contributed by atoms with Gasteiger partial charge in [0.15, 0.2) is 0 Å². The highest BCUT2D eigenvalue weighted by Gasteiger charge is 2.33. The van der Waals surface area contributed by atoms with Crippen LogP contribution in [0.5, 0.6) is 0 Å². The molecule has 0 spiro atoms. The SMILES string of the molecule is O=C(NC1CCCCC1n1cccn1)N1CCCCC1c1ncc[nH]1. The highest BCUT2D eigenvalue weighted by Crippen LogP contribution is 2.31. The third-order valence-corrected chi connectivity index (χ3v) is 5.50. The van der Waals surface area contributed by atoms with E-state index in [-0.39, 0.29) is 24.2 Å². The quantitative estimate of drug-likeness (QED) is 0.900. The highest BCUT2D eigenvalue weighted by molar-refractivity contribution is 5.75. The van der Waals surface area contributed by atoms with E-state index in [4.69, 9.17) is 0 Å². The Hall–Kier alpha value is -2.31. The van der Waals surface area contributed by atoms with Crippen molar-refractivity contribution in [1.29, 1.82) is 0 Å². The Balaban J connectivity index is 1.47. The number of hydrogen-bond acceptors (Lipinski definition) is 3. The summed E-state index contributed by atoms with van der Waals surface area (Å²) in [7, 11) is 0. The molecule has 0 aromatic carbocycles. The third-order valence-electron chi connectivity index (χ3n) is 5.50. The van der Waals surface area contributed by atoms with Crippen molar-refractivity contribution in [2.24, 2.45) is 0 Å². The minimum absolute atomic E-state index is 0.0326. The summed E-state index contributed by atoms with van der Waals surface area (Å²) in [6, 6.07) is 2.42. The maximum atomic E-state index is 13.0. The second-order valence-corrected chi connectivity index (χ2v) is 7.07. The summed E-state index contributed by atoms with van der Waals surface area (Å²) in [5.74, 6) is 0.891. The predicted molar refractivity (Wildman–Crippen MR) is 93.9 cm³/mol. The van der Waals surface area contributed by atoms with Crippen molar-refractivity contribution in [3.05, 3.63) is 36.7 Å². The Morgan fingerprint density at radius 1 is 1.16 bits per heavy atom. The summed E-state index contributed by atoms with van der Waals surface area (Å²) in [5, 5.41) is 7.71. The van der Waals surface area contributed by atoms with Gasteiger partial charge >= 0.3 is 6.03 Å². The number of carbonyl (C=O) groups excluding carboxylic acids is 1. The van der Waals surface area contributed by atoms with E-state index in [0.717, 1.165) is 50.9 Å². The number of piperidine rings is 1. The molecule has 2 fully saturated rings. The van der Waals surface area contributed by atoms with Crippen LogP contribution in [0.25, 0.3) is 0 Å². The van der Waals surface area contributed by atoms with Gasteiger partial charge in [-0.3, -0.25) is 4.68 Å². The predicted octanol–water partition coefficient (Wildman–Crippen LogP) is 3.03. The van der Waals surface area contributed by atoms with Gasteiger partial charge in [-0.05, 0) is 38.2 Å². The Bertz CT molecular complexity index is 668. The first-order valence-electron chi connectivity index (χ1n) is 9.38. The van der Waals surface area contributed by atoms with Gasteiger partial charge in [-0.25, -0.2) is 9.78 Å². The van der Waals surface area contributed by atoms with Crippen LogP contribution in [0.15, 0.2) is 30.9 Å². The molecule has 3 unspecified atom stereocenters. The molecule has 2 N–H and O–H groups in total. The van der Waals surface area contributed by atoms with E-state index in [0.29, 0.717) is 0 Å². The van der Waals surface area contributed by atoms with E-state index in [1.165, 1.54) is 6.42 Å². The van der Waals surface area contributed by atoms with Crippen LogP contribution in [0.4, 0.5) is 4.79 Å². The van der Waals surface area contributed by atoms with Crippen LogP contribution >= 0.6 is 0 Å². The number of amides is 2. The van der Waals surface area contributed by atoms with Gasteiger partial charge in [0.2, 0.25) is 0 Å². The van der Waals surface area contributed by atoms with Crippen molar-refractivity contribution in [1.82, 2.24) is 30.0 Å². The lowest BCUT2D eigenvalue weighted by atomic mass is 9.90. The van der Waals surface area contributed by atoms with E-state index >= 15 is 0 Å². The van der Waals surface area contributed by atoms with Crippen molar-refractivity contribution in [3.63, 3.8) is 0 Å². The Morgan fingerprint density at radius 3 is 2.84 bits per heavy atom. The average Bonchev–Trinajstić information content (AvgIpc) is 3.36. The van der Waals surface area contributed by atoms with Crippen LogP contribution in [-0.4, -0.2) is 43.3 Å². The summed E-state index contributed by atoms with van der Waals surface area (Å²) >= 11 is 0. The number of likely N-dealkylation sites (tertiary alicyclic amines) is 1. The molecule has 2 amide bonds. The van der Waals surface area contributed by atoms with Gasteiger partial charge in [-0.15, -0.1) is 0 Å². The molecule has 7 heteroatoms. The normalized spacial score (nSPS) is 27.2. The molecule has 1 aliphatic heterocycles. The van der Waals surface area contributed by atoms with Crippen molar-refractivity contribution in [2.45, 2.75) is 63.1 Å². The van der Waals surface area contributed by atoms with E-state index in [1.54, 1.807) is 6.20 Å². The van der Waals surface area contributed by atoms with Gasteiger partial charge in [0.05, 0.1) is 18.1 Å². The molecule has 134 valence electrons. The lowest BCUT2D eigenvalue weighted by molar-refractivity contribution is 0.136. The molecule has 1 aliphatic carbocycles. The van der Waals surface area contributed by atoms with Crippen LogP contribution in [0.3, 0.4) is 0 Å². The van der Waals surface area contributed by atoms with Gasteiger partial charge < -0.3 is 15.2 Å². The summed E-state index contributed by atoms with van der Waals surface area (Å²) in [6.45, 7) is 0.788. The third kappa shape index (κ3) is 3.41. The zero-order valence-electron chi connectivity index (χ0n) is 14.5. The highest BCUT2D eigenvalue weighted by atomic mass is 16.2. The molecule has 7 nitrogen and oxygen atoms in total. The second kappa shape index (κ2) is 7.29. The van der Waals surface area contributed by atoms with E-state index in [2.05, 4.69) is 20.4 Å². The zero-order valence-corrected chi connectivity index (χ0v) is 14.5. The maximum absolute atomic E-state index is 13.0. The molecule has 3 heterocycles. The molecule has 3 atom stereocenters. The number of aromatic nitrogens is 4. The number of hydrogen-bond donors (Lipinski definition) is 2. The fraction of sp³-hybridized carbons (Fsp3) is 0.611. The fourth-order valence-corrected chi connectivity index (χ4v) is 4.23. The van der Waals surface area contributed by atoms with Crippen LogP contribution in [0.1, 0.15) is 62.9 Å². The molecule has 2 aromatic heterocycles. The number of imidazole rings is 1. The van der Waals surface area contributed by atoms with E-state index < -0.39 is 0 Å². The van der Waals surface area contributed by atoms with Crippen molar-refractivity contribution in [3.8, 4) is 0 Å². The largest absolute Gasteiger partial charge is 0.347 e. The molecule has 4 rings (SSSR count). The van der Waals surface area contributed by atoms with Gasteiger partial charge in [-0.2, -0.15) is 5.10 Å².